The lowest BCUT2D eigenvalue weighted by molar-refractivity contribution is -0.467. The maximum atomic E-state index is 11.1. The van der Waals surface area contributed by atoms with Crippen molar-refractivity contribution in [2.24, 2.45) is 0 Å². The van der Waals surface area contributed by atoms with Crippen molar-refractivity contribution < 1.29 is 22.7 Å². The first kappa shape index (κ1) is 13.1. The minimum atomic E-state index is -4.49. The summed E-state index contributed by atoms with van der Waals surface area (Å²) in [5.41, 5.74) is -0.207. The summed E-state index contributed by atoms with van der Waals surface area (Å²) < 4.78 is 30.7. The molecule has 1 amide bonds. The number of amides is 1. The van der Waals surface area contributed by atoms with E-state index in [0.717, 1.165) is 6.07 Å². The zero-order chi connectivity index (χ0) is 13.1. The van der Waals surface area contributed by atoms with Crippen LogP contribution in [0.1, 0.15) is 0 Å². The van der Waals surface area contributed by atoms with Crippen LogP contribution in [0.25, 0.3) is 0 Å². The number of rotatable bonds is 4. The van der Waals surface area contributed by atoms with Crippen LogP contribution in [0.2, 0.25) is 0 Å². The smallest absolute Gasteiger partial charge is 0.296 e. The molecule has 9 heteroatoms. The Kier molecular flexibility index (Phi) is 3.76. The van der Waals surface area contributed by atoms with Crippen LogP contribution in [0, 0.1) is 10.1 Å². The Morgan fingerprint density at radius 1 is 1.41 bits per heavy atom. The number of nitro groups is 1. The van der Waals surface area contributed by atoms with Crippen molar-refractivity contribution in [3.63, 3.8) is 0 Å². The molecule has 92 valence electrons. The molecule has 0 aromatic heterocycles. The Balaban J connectivity index is 3.00. The molecule has 1 aromatic carbocycles. The van der Waals surface area contributed by atoms with Crippen molar-refractivity contribution in [3.8, 4) is 0 Å². The normalized spacial score (nSPS) is 10.9. The molecule has 0 heterocycles. The number of hydrogen-bond acceptors (Lipinski definition) is 5. The highest BCUT2D eigenvalue weighted by molar-refractivity contribution is 7.86. The fourth-order valence-corrected chi connectivity index (χ4v) is 1.75. The fourth-order valence-electron chi connectivity index (χ4n) is 1.10. The summed E-state index contributed by atoms with van der Waals surface area (Å²) in [6.07, 6.45) is 0. The van der Waals surface area contributed by atoms with Gasteiger partial charge in [-0.15, -0.1) is 0 Å². The molecule has 0 aliphatic heterocycles. The standard InChI is InChI=1S/C8H8N2O6S/c11-8(5-10(12)13)9-6-3-1-2-4-7(6)17(14,15)16/h1-4H,5H2,(H,9,11)(H,14,15,16). The molecular weight excluding hydrogens is 252 g/mol. The lowest BCUT2D eigenvalue weighted by atomic mass is 10.3. The second-order valence-electron chi connectivity index (χ2n) is 3.01. The van der Waals surface area contributed by atoms with Gasteiger partial charge in [0.25, 0.3) is 22.6 Å². The predicted octanol–water partition coefficient (Wildman–Crippen LogP) is 0.148. The van der Waals surface area contributed by atoms with Gasteiger partial charge < -0.3 is 5.32 Å². The Morgan fingerprint density at radius 3 is 2.53 bits per heavy atom. The van der Waals surface area contributed by atoms with E-state index >= 15 is 0 Å². The van der Waals surface area contributed by atoms with Gasteiger partial charge in [-0.3, -0.25) is 19.5 Å². The van der Waals surface area contributed by atoms with Gasteiger partial charge >= 0.3 is 0 Å². The molecule has 17 heavy (non-hydrogen) atoms. The molecule has 0 spiro atoms. The second-order valence-corrected chi connectivity index (χ2v) is 4.40. The first-order chi connectivity index (χ1) is 7.80. The Labute approximate surface area is 96.2 Å². The zero-order valence-corrected chi connectivity index (χ0v) is 9.18. The SMILES string of the molecule is O=C(C[N+](=O)[O-])Nc1ccccc1S(=O)(=O)O. The van der Waals surface area contributed by atoms with Crippen molar-refractivity contribution in [1.29, 1.82) is 0 Å². The molecule has 0 aliphatic rings. The van der Waals surface area contributed by atoms with Gasteiger partial charge in [-0.05, 0) is 12.1 Å². The van der Waals surface area contributed by atoms with Gasteiger partial charge in [0.1, 0.15) is 4.90 Å². The van der Waals surface area contributed by atoms with Gasteiger partial charge in [0.2, 0.25) is 0 Å². The molecule has 0 atom stereocenters. The third-order valence-corrected chi connectivity index (χ3v) is 2.62. The highest BCUT2D eigenvalue weighted by Crippen LogP contribution is 2.20. The minimum absolute atomic E-state index is 0.207. The largest absolute Gasteiger partial charge is 0.319 e. The third kappa shape index (κ3) is 3.81. The van der Waals surface area contributed by atoms with Crippen molar-refractivity contribution >= 4 is 21.7 Å². The van der Waals surface area contributed by atoms with Crippen LogP contribution < -0.4 is 5.32 Å². The second kappa shape index (κ2) is 4.89. The minimum Gasteiger partial charge on any atom is -0.319 e. The van der Waals surface area contributed by atoms with Crippen LogP contribution in [-0.2, 0) is 14.9 Å². The molecule has 0 aliphatic carbocycles. The van der Waals surface area contributed by atoms with Crippen molar-refractivity contribution in [2.45, 2.75) is 4.90 Å². The quantitative estimate of drug-likeness (QED) is 0.450. The van der Waals surface area contributed by atoms with Gasteiger partial charge in [-0.25, -0.2) is 0 Å². The summed E-state index contributed by atoms with van der Waals surface area (Å²) >= 11 is 0. The highest BCUT2D eigenvalue weighted by Gasteiger charge is 2.18. The summed E-state index contributed by atoms with van der Waals surface area (Å²) in [5.74, 6) is -0.980. The lowest BCUT2D eigenvalue weighted by Crippen LogP contribution is -2.22. The van der Waals surface area contributed by atoms with Crippen LogP contribution in [-0.4, -0.2) is 30.3 Å². The first-order valence-electron chi connectivity index (χ1n) is 4.29. The summed E-state index contributed by atoms with van der Waals surface area (Å²) in [4.78, 5) is 19.8. The van der Waals surface area contributed by atoms with Gasteiger partial charge in [-0.1, -0.05) is 12.1 Å². The average molecular weight is 260 g/mol. The number of nitrogens with zero attached hydrogens (tertiary/aromatic N) is 1. The van der Waals surface area contributed by atoms with E-state index in [2.05, 4.69) is 0 Å². The van der Waals surface area contributed by atoms with Crippen LogP contribution in [0.4, 0.5) is 5.69 Å². The number of para-hydroxylation sites is 1. The number of nitrogens with one attached hydrogen (secondary N) is 1. The topological polar surface area (TPSA) is 127 Å². The molecule has 0 saturated heterocycles. The maximum Gasteiger partial charge on any atom is 0.296 e. The average Bonchev–Trinajstić information content (AvgIpc) is 2.15. The zero-order valence-electron chi connectivity index (χ0n) is 8.36. The van der Waals surface area contributed by atoms with E-state index in [1.807, 2.05) is 5.32 Å². The summed E-state index contributed by atoms with van der Waals surface area (Å²) in [5, 5.41) is 12.1. The summed E-state index contributed by atoms with van der Waals surface area (Å²) in [7, 11) is -4.49. The number of hydrogen-bond donors (Lipinski definition) is 2. The monoisotopic (exact) mass is 260 g/mol. The molecule has 0 bridgehead atoms. The van der Waals surface area contributed by atoms with Gasteiger partial charge in [0, 0.05) is 4.92 Å². The van der Waals surface area contributed by atoms with Crippen molar-refractivity contribution in [2.75, 3.05) is 11.9 Å². The molecule has 0 unspecified atom stereocenters. The molecule has 8 nitrogen and oxygen atoms in total. The van der Waals surface area contributed by atoms with E-state index in [0.29, 0.717) is 0 Å². The Hall–Kier alpha value is -2.00. The molecule has 0 fully saturated rings. The van der Waals surface area contributed by atoms with Crippen LogP contribution in [0.15, 0.2) is 29.2 Å². The molecule has 0 radical (unpaired) electrons. The maximum absolute atomic E-state index is 11.1. The number of anilines is 1. The predicted molar refractivity (Wildman–Crippen MR) is 56.7 cm³/mol. The third-order valence-electron chi connectivity index (χ3n) is 1.71. The Morgan fingerprint density at radius 2 is 2.00 bits per heavy atom. The highest BCUT2D eigenvalue weighted by atomic mass is 32.2. The molecular formula is C8H8N2O6S. The number of carbonyl (C=O) groups is 1. The first-order valence-corrected chi connectivity index (χ1v) is 5.73. The molecule has 2 N–H and O–H groups in total. The van der Waals surface area contributed by atoms with E-state index in [1.165, 1.54) is 18.2 Å². The van der Waals surface area contributed by atoms with E-state index < -0.39 is 32.4 Å². The fraction of sp³-hybridized carbons (Fsp3) is 0.125. The number of benzene rings is 1. The molecule has 0 saturated carbocycles. The summed E-state index contributed by atoms with van der Waals surface area (Å²) in [6, 6.07) is 5.03. The van der Waals surface area contributed by atoms with E-state index in [1.54, 1.807) is 0 Å². The van der Waals surface area contributed by atoms with Gasteiger partial charge in [0.05, 0.1) is 5.69 Å². The lowest BCUT2D eigenvalue weighted by Gasteiger charge is -2.06. The van der Waals surface area contributed by atoms with E-state index in [9.17, 15) is 23.3 Å². The van der Waals surface area contributed by atoms with E-state index in [4.69, 9.17) is 4.55 Å². The van der Waals surface area contributed by atoms with Gasteiger partial charge in [0.15, 0.2) is 0 Å². The summed E-state index contributed by atoms with van der Waals surface area (Å²) in [6.45, 7) is -0.986. The van der Waals surface area contributed by atoms with Crippen molar-refractivity contribution in [3.05, 3.63) is 34.4 Å². The van der Waals surface area contributed by atoms with Gasteiger partial charge in [-0.2, -0.15) is 8.42 Å². The number of carbonyl (C=O) groups excluding carboxylic acids is 1. The van der Waals surface area contributed by atoms with Crippen LogP contribution >= 0.6 is 0 Å². The molecule has 1 rings (SSSR count). The van der Waals surface area contributed by atoms with Crippen LogP contribution in [0.5, 0.6) is 0 Å². The van der Waals surface area contributed by atoms with Crippen molar-refractivity contribution in [1.82, 2.24) is 0 Å². The van der Waals surface area contributed by atoms with Crippen LogP contribution in [0.3, 0.4) is 0 Å². The molecule has 1 aromatic rings. The Bertz CT molecular complexity index is 553. The van der Waals surface area contributed by atoms with E-state index in [-0.39, 0.29) is 5.69 Å².